The van der Waals surface area contributed by atoms with Crippen LogP contribution in [0.25, 0.3) is 0 Å². The Morgan fingerprint density at radius 3 is 3.06 bits per heavy atom. The van der Waals surface area contributed by atoms with Gasteiger partial charge in [0.15, 0.2) is 0 Å². The molecule has 0 saturated carbocycles. The van der Waals surface area contributed by atoms with Crippen molar-refractivity contribution < 1.29 is 0 Å². The molecule has 0 spiro atoms. The highest BCUT2D eigenvalue weighted by Gasteiger charge is 2.01. The van der Waals surface area contributed by atoms with Crippen LogP contribution >= 0.6 is 11.8 Å². The Bertz CT molecular complexity index is 562. The highest BCUT2D eigenvalue weighted by Crippen LogP contribution is 2.18. The van der Waals surface area contributed by atoms with Crippen molar-refractivity contribution in [3.63, 3.8) is 0 Å². The Balaban J connectivity index is 2.05. The SMILES string of the molecule is Cc1cnnc(SCc2cccc(C#N)c2)n1. The van der Waals surface area contributed by atoms with E-state index >= 15 is 0 Å². The van der Waals surface area contributed by atoms with Crippen LogP contribution in [-0.4, -0.2) is 15.2 Å². The molecular formula is C12H10N4S. The number of hydrogen-bond donors (Lipinski definition) is 0. The zero-order valence-electron chi connectivity index (χ0n) is 9.29. The van der Waals surface area contributed by atoms with Crippen molar-refractivity contribution in [2.75, 3.05) is 0 Å². The van der Waals surface area contributed by atoms with Crippen molar-refractivity contribution >= 4 is 11.8 Å². The fourth-order valence-corrected chi connectivity index (χ4v) is 2.09. The van der Waals surface area contributed by atoms with Gasteiger partial charge in [0, 0.05) is 5.75 Å². The number of aromatic nitrogens is 3. The van der Waals surface area contributed by atoms with E-state index in [1.54, 1.807) is 12.3 Å². The first-order valence-electron chi connectivity index (χ1n) is 5.06. The lowest BCUT2D eigenvalue weighted by Gasteiger charge is -2.01. The number of rotatable bonds is 3. The molecule has 1 aromatic heterocycles. The summed E-state index contributed by atoms with van der Waals surface area (Å²) in [6.45, 7) is 1.88. The van der Waals surface area contributed by atoms with Gasteiger partial charge in [-0.15, -0.1) is 5.10 Å². The lowest BCUT2D eigenvalue weighted by molar-refractivity contribution is 0.816. The molecule has 5 heteroatoms. The molecule has 0 saturated heterocycles. The first kappa shape index (κ1) is 11.6. The van der Waals surface area contributed by atoms with Crippen LogP contribution in [-0.2, 0) is 5.75 Å². The van der Waals surface area contributed by atoms with Gasteiger partial charge in [0.2, 0.25) is 5.16 Å². The minimum Gasteiger partial charge on any atom is -0.225 e. The van der Waals surface area contributed by atoms with E-state index in [1.807, 2.05) is 25.1 Å². The third-order valence-corrected chi connectivity index (χ3v) is 2.99. The number of nitrogens with zero attached hydrogens (tertiary/aromatic N) is 4. The topological polar surface area (TPSA) is 62.5 Å². The zero-order valence-corrected chi connectivity index (χ0v) is 10.1. The van der Waals surface area contributed by atoms with Gasteiger partial charge in [-0.3, -0.25) is 0 Å². The maximum atomic E-state index is 8.79. The second-order valence-electron chi connectivity index (χ2n) is 3.48. The van der Waals surface area contributed by atoms with Gasteiger partial charge in [-0.2, -0.15) is 10.4 Å². The molecule has 0 aliphatic carbocycles. The molecular weight excluding hydrogens is 232 g/mol. The fraction of sp³-hybridized carbons (Fsp3) is 0.167. The Morgan fingerprint density at radius 1 is 1.41 bits per heavy atom. The lowest BCUT2D eigenvalue weighted by Crippen LogP contribution is -1.93. The second kappa shape index (κ2) is 5.41. The summed E-state index contributed by atoms with van der Waals surface area (Å²) in [5.41, 5.74) is 2.61. The van der Waals surface area contributed by atoms with Gasteiger partial charge < -0.3 is 0 Å². The monoisotopic (exact) mass is 242 g/mol. The number of nitriles is 1. The molecule has 0 unspecified atom stereocenters. The van der Waals surface area contributed by atoms with Crippen LogP contribution in [0.3, 0.4) is 0 Å². The zero-order chi connectivity index (χ0) is 12.1. The minimum atomic E-state index is 0.660. The molecule has 0 atom stereocenters. The van der Waals surface area contributed by atoms with Crippen LogP contribution < -0.4 is 0 Å². The summed E-state index contributed by atoms with van der Waals surface area (Å²) in [6, 6.07) is 9.65. The molecule has 0 N–H and O–H groups in total. The summed E-state index contributed by atoms with van der Waals surface area (Å²) in [4.78, 5) is 4.26. The Kier molecular flexibility index (Phi) is 3.68. The van der Waals surface area contributed by atoms with Crippen molar-refractivity contribution in [1.82, 2.24) is 15.2 Å². The Hall–Kier alpha value is -1.93. The second-order valence-corrected chi connectivity index (χ2v) is 4.42. The predicted octanol–water partition coefficient (Wildman–Crippen LogP) is 2.34. The molecule has 4 nitrogen and oxygen atoms in total. The Morgan fingerprint density at radius 2 is 2.29 bits per heavy atom. The predicted molar refractivity (Wildman–Crippen MR) is 65.3 cm³/mol. The third-order valence-electron chi connectivity index (χ3n) is 2.08. The van der Waals surface area contributed by atoms with Crippen molar-refractivity contribution in [1.29, 1.82) is 5.26 Å². The van der Waals surface area contributed by atoms with E-state index in [4.69, 9.17) is 5.26 Å². The third kappa shape index (κ3) is 3.26. The van der Waals surface area contributed by atoms with E-state index in [2.05, 4.69) is 21.3 Å². The molecule has 0 bridgehead atoms. The van der Waals surface area contributed by atoms with Crippen LogP contribution in [0.2, 0.25) is 0 Å². The first-order valence-corrected chi connectivity index (χ1v) is 6.04. The van der Waals surface area contributed by atoms with Gasteiger partial charge in [0.25, 0.3) is 0 Å². The molecule has 1 heterocycles. The maximum absolute atomic E-state index is 8.79. The van der Waals surface area contributed by atoms with Gasteiger partial charge >= 0.3 is 0 Å². The van der Waals surface area contributed by atoms with E-state index in [9.17, 15) is 0 Å². The minimum absolute atomic E-state index is 0.660. The highest BCUT2D eigenvalue weighted by molar-refractivity contribution is 7.98. The normalized spacial score (nSPS) is 9.88. The molecule has 2 rings (SSSR count). The fourth-order valence-electron chi connectivity index (χ4n) is 1.30. The lowest BCUT2D eigenvalue weighted by atomic mass is 10.2. The van der Waals surface area contributed by atoms with E-state index in [0.717, 1.165) is 17.0 Å². The molecule has 0 amide bonds. The molecule has 1 aromatic carbocycles. The largest absolute Gasteiger partial charge is 0.225 e. The summed E-state index contributed by atoms with van der Waals surface area (Å²) in [6.07, 6.45) is 1.63. The molecule has 0 aliphatic heterocycles. The van der Waals surface area contributed by atoms with Crippen LogP contribution in [0.1, 0.15) is 16.8 Å². The number of hydrogen-bond acceptors (Lipinski definition) is 5. The average Bonchev–Trinajstić information content (AvgIpc) is 2.37. The number of benzene rings is 1. The van der Waals surface area contributed by atoms with E-state index in [1.165, 1.54) is 11.8 Å². The summed E-state index contributed by atoms with van der Waals surface area (Å²) in [5.74, 6) is 0.737. The molecule has 0 aliphatic rings. The van der Waals surface area contributed by atoms with Gasteiger partial charge in [-0.05, 0) is 24.6 Å². The molecule has 0 fully saturated rings. The van der Waals surface area contributed by atoms with E-state index in [-0.39, 0.29) is 0 Å². The van der Waals surface area contributed by atoms with Gasteiger partial charge in [0.05, 0.1) is 23.5 Å². The van der Waals surface area contributed by atoms with Crippen LogP contribution in [0.5, 0.6) is 0 Å². The summed E-state index contributed by atoms with van der Waals surface area (Å²) >= 11 is 1.51. The van der Waals surface area contributed by atoms with Crippen molar-refractivity contribution in [2.24, 2.45) is 0 Å². The van der Waals surface area contributed by atoms with Crippen LogP contribution in [0, 0.1) is 18.3 Å². The van der Waals surface area contributed by atoms with Crippen molar-refractivity contribution in [2.45, 2.75) is 17.8 Å². The number of thioether (sulfide) groups is 1. The van der Waals surface area contributed by atoms with Crippen molar-refractivity contribution in [3.8, 4) is 6.07 Å². The first-order chi connectivity index (χ1) is 8.28. The van der Waals surface area contributed by atoms with Crippen LogP contribution in [0.4, 0.5) is 0 Å². The molecule has 84 valence electrons. The van der Waals surface area contributed by atoms with Crippen molar-refractivity contribution in [3.05, 3.63) is 47.3 Å². The number of aryl methyl sites for hydroxylation is 1. The summed E-state index contributed by atoms with van der Waals surface area (Å²) in [7, 11) is 0. The van der Waals surface area contributed by atoms with E-state index < -0.39 is 0 Å². The van der Waals surface area contributed by atoms with Crippen LogP contribution in [0.15, 0.2) is 35.6 Å². The smallest absolute Gasteiger partial charge is 0.209 e. The molecule has 0 radical (unpaired) electrons. The average molecular weight is 242 g/mol. The summed E-state index contributed by atoms with van der Waals surface area (Å²) in [5, 5.41) is 17.2. The highest BCUT2D eigenvalue weighted by atomic mass is 32.2. The molecule has 2 aromatic rings. The van der Waals surface area contributed by atoms with Gasteiger partial charge in [-0.25, -0.2) is 4.98 Å². The maximum Gasteiger partial charge on any atom is 0.209 e. The quantitative estimate of drug-likeness (QED) is 0.773. The van der Waals surface area contributed by atoms with Gasteiger partial charge in [-0.1, -0.05) is 23.9 Å². The van der Waals surface area contributed by atoms with Gasteiger partial charge in [0.1, 0.15) is 0 Å². The van der Waals surface area contributed by atoms with E-state index in [0.29, 0.717) is 10.7 Å². The molecule has 17 heavy (non-hydrogen) atoms. The Labute approximate surface area is 104 Å². The standard InChI is InChI=1S/C12H10N4S/c1-9-7-14-16-12(15-9)17-8-11-4-2-3-10(5-11)6-13/h2-5,7H,8H2,1H3. The summed E-state index contributed by atoms with van der Waals surface area (Å²) < 4.78 is 0.